The standard InChI is InChI=1S/C20H28FN3O3/c21-17-4-3-9-22-18(17)26-14-5-16-6-15-27-20(16)7-12-24(13-8-20)19(25)23-10-1-2-11-23/h3-4,9,16H,1-2,5-8,10-15H2/t16-/m0/s1. The van der Waals surface area contributed by atoms with Crippen molar-refractivity contribution in [1.29, 1.82) is 0 Å². The molecule has 3 fully saturated rings. The first-order valence-corrected chi connectivity index (χ1v) is 10.1. The highest BCUT2D eigenvalue weighted by Gasteiger charge is 2.46. The number of urea groups is 1. The molecule has 3 aliphatic rings. The lowest BCUT2D eigenvalue weighted by molar-refractivity contribution is -0.0646. The Morgan fingerprint density at radius 3 is 2.74 bits per heavy atom. The third kappa shape index (κ3) is 3.88. The van der Waals surface area contributed by atoms with Crippen LogP contribution >= 0.6 is 0 Å². The first kappa shape index (κ1) is 18.5. The van der Waals surface area contributed by atoms with Crippen molar-refractivity contribution in [1.82, 2.24) is 14.8 Å². The molecule has 0 unspecified atom stereocenters. The molecule has 3 saturated heterocycles. The average Bonchev–Trinajstić information content (AvgIpc) is 3.35. The Hall–Kier alpha value is -1.89. The topological polar surface area (TPSA) is 54.9 Å². The van der Waals surface area contributed by atoms with Crippen LogP contribution in [0.4, 0.5) is 9.18 Å². The largest absolute Gasteiger partial charge is 0.476 e. The maximum absolute atomic E-state index is 13.6. The van der Waals surface area contributed by atoms with Crippen molar-refractivity contribution in [3.63, 3.8) is 0 Å². The van der Waals surface area contributed by atoms with Gasteiger partial charge in [0, 0.05) is 39.0 Å². The number of piperidine rings is 1. The van der Waals surface area contributed by atoms with E-state index in [0.717, 1.165) is 71.3 Å². The summed E-state index contributed by atoms with van der Waals surface area (Å²) in [6.45, 7) is 4.47. The zero-order chi connectivity index (χ0) is 18.7. The van der Waals surface area contributed by atoms with Gasteiger partial charge in [-0.05, 0) is 56.6 Å². The molecule has 1 spiro atoms. The van der Waals surface area contributed by atoms with E-state index in [1.165, 1.54) is 12.3 Å². The van der Waals surface area contributed by atoms with Gasteiger partial charge in [-0.25, -0.2) is 14.2 Å². The van der Waals surface area contributed by atoms with Gasteiger partial charge >= 0.3 is 6.03 Å². The Bertz CT molecular complexity index is 658. The van der Waals surface area contributed by atoms with Gasteiger partial charge in [0.15, 0.2) is 5.82 Å². The predicted molar refractivity (Wildman–Crippen MR) is 98.1 cm³/mol. The van der Waals surface area contributed by atoms with Crippen LogP contribution in [-0.2, 0) is 4.74 Å². The summed E-state index contributed by atoms with van der Waals surface area (Å²) < 4.78 is 25.4. The highest BCUT2D eigenvalue weighted by atomic mass is 19.1. The molecule has 6 nitrogen and oxygen atoms in total. The highest BCUT2D eigenvalue weighted by Crippen LogP contribution is 2.42. The number of halogens is 1. The number of rotatable bonds is 4. The van der Waals surface area contributed by atoms with Crippen LogP contribution in [0.2, 0.25) is 0 Å². The normalized spacial score (nSPS) is 24.6. The quantitative estimate of drug-likeness (QED) is 0.809. The van der Waals surface area contributed by atoms with Crippen molar-refractivity contribution in [2.75, 3.05) is 39.4 Å². The lowest BCUT2D eigenvalue weighted by Gasteiger charge is -2.43. The SMILES string of the molecule is O=C(N1CCCC1)N1CCC2(CC1)OCC[C@@H]2CCOc1ncccc1F. The fraction of sp³-hybridized carbons (Fsp3) is 0.700. The minimum Gasteiger partial charge on any atom is -0.476 e. The van der Waals surface area contributed by atoms with Crippen LogP contribution in [0.25, 0.3) is 0 Å². The Kier molecular flexibility index (Phi) is 5.48. The van der Waals surface area contributed by atoms with Crippen LogP contribution in [0, 0.1) is 11.7 Å². The maximum atomic E-state index is 13.6. The number of pyridine rings is 1. The Balaban J connectivity index is 1.29. The molecule has 0 radical (unpaired) electrons. The number of ether oxygens (including phenoxy) is 2. The second kappa shape index (κ2) is 8.00. The van der Waals surface area contributed by atoms with Gasteiger partial charge < -0.3 is 19.3 Å². The first-order valence-electron chi connectivity index (χ1n) is 10.1. The van der Waals surface area contributed by atoms with E-state index in [1.807, 2.05) is 9.80 Å². The first-order chi connectivity index (χ1) is 13.2. The fourth-order valence-corrected chi connectivity index (χ4v) is 4.71. The van der Waals surface area contributed by atoms with Crippen molar-refractivity contribution in [3.8, 4) is 5.88 Å². The minimum atomic E-state index is -0.427. The van der Waals surface area contributed by atoms with E-state index in [-0.39, 0.29) is 17.5 Å². The number of carbonyl (C=O) groups is 1. The number of likely N-dealkylation sites (tertiary alicyclic amines) is 2. The zero-order valence-corrected chi connectivity index (χ0v) is 15.7. The maximum Gasteiger partial charge on any atom is 0.320 e. The lowest BCUT2D eigenvalue weighted by Crippen LogP contribution is -2.52. The third-order valence-electron chi connectivity index (χ3n) is 6.29. The molecule has 4 heterocycles. The van der Waals surface area contributed by atoms with E-state index in [1.54, 1.807) is 6.07 Å². The van der Waals surface area contributed by atoms with Gasteiger partial charge in [0.2, 0.25) is 5.88 Å². The zero-order valence-electron chi connectivity index (χ0n) is 15.7. The van der Waals surface area contributed by atoms with E-state index >= 15 is 0 Å². The Morgan fingerprint density at radius 2 is 2.00 bits per heavy atom. The summed E-state index contributed by atoms with van der Waals surface area (Å²) >= 11 is 0. The van der Waals surface area contributed by atoms with E-state index in [2.05, 4.69) is 4.98 Å². The molecule has 27 heavy (non-hydrogen) atoms. The van der Waals surface area contributed by atoms with Gasteiger partial charge in [-0.15, -0.1) is 0 Å². The van der Waals surface area contributed by atoms with Gasteiger partial charge in [0.25, 0.3) is 0 Å². The molecular weight excluding hydrogens is 349 g/mol. The Labute approximate surface area is 159 Å². The molecule has 148 valence electrons. The Morgan fingerprint density at radius 1 is 1.26 bits per heavy atom. The number of hydrogen-bond donors (Lipinski definition) is 0. The molecule has 7 heteroatoms. The summed E-state index contributed by atoms with van der Waals surface area (Å²) in [6.07, 6.45) is 7.32. The predicted octanol–water partition coefficient (Wildman–Crippen LogP) is 3.08. The van der Waals surface area contributed by atoms with Crippen molar-refractivity contribution in [3.05, 3.63) is 24.1 Å². The smallest absolute Gasteiger partial charge is 0.320 e. The molecule has 0 saturated carbocycles. The summed E-state index contributed by atoms with van der Waals surface area (Å²) in [4.78, 5) is 20.5. The molecule has 1 aromatic heterocycles. The number of hydrogen-bond acceptors (Lipinski definition) is 4. The second-order valence-corrected chi connectivity index (χ2v) is 7.79. The van der Waals surface area contributed by atoms with Crippen LogP contribution in [0.3, 0.4) is 0 Å². The summed E-state index contributed by atoms with van der Waals surface area (Å²) in [6, 6.07) is 3.10. The van der Waals surface area contributed by atoms with Crippen molar-refractivity contribution in [2.45, 2.75) is 44.1 Å². The van der Waals surface area contributed by atoms with E-state index in [4.69, 9.17) is 9.47 Å². The van der Waals surface area contributed by atoms with Crippen LogP contribution in [0.15, 0.2) is 18.3 Å². The molecule has 0 bridgehead atoms. The van der Waals surface area contributed by atoms with Gasteiger partial charge in [0.1, 0.15) is 0 Å². The second-order valence-electron chi connectivity index (χ2n) is 7.79. The van der Waals surface area contributed by atoms with Gasteiger partial charge in [-0.3, -0.25) is 0 Å². The number of nitrogens with zero attached hydrogens (tertiary/aromatic N) is 3. The molecule has 0 aromatic carbocycles. The lowest BCUT2D eigenvalue weighted by atomic mass is 9.78. The van der Waals surface area contributed by atoms with Gasteiger partial charge in [-0.1, -0.05) is 0 Å². The summed E-state index contributed by atoms with van der Waals surface area (Å²) in [5.74, 6) is 0.0217. The minimum absolute atomic E-state index is 0.0662. The van der Waals surface area contributed by atoms with Crippen LogP contribution in [0.5, 0.6) is 5.88 Å². The van der Waals surface area contributed by atoms with Gasteiger partial charge in [-0.2, -0.15) is 0 Å². The van der Waals surface area contributed by atoms with Crippen molar-refractivity contribution < 1.29 is 18.7 Å². The van der Waals surface area contributed by atoms with Crippen LogP contribution in [0.1, 0.15) is 38.5 Å². The number of aromatic nitrogens is 1. The summed E-state index contributed by atoms with van der Waals surface area (Å²) in [5.41, 5.74) is -0.159. The third-order valence-corrected chi connectivity index (χ3v) is 6.29. The molecular formula is C20H28FN3O3. The highest BCUT2D eigenvalue weighted by molar-refractivity contribution is 5.74. The van der Waals surface area contributed by atoms with Crippen LogP contribution < -0.4 is 4.74 Å². The number of carbonyl (C=O) groups excluding carboxylic acids is 1. The molecule has 4 rings (SSSR count). The molecule has 3 aliphatic heterocycles. The summed E-state index contributed by atoms with van der Waals surface area (Å²) in [7, 11) is 0. The average molecular weight is 377 g/mol. The summed E-state index contributed by atoms with van der Waals surface area (Å²) in [5, 5.41) is 0. The molecule has 0 aliphatic carbocycles. The van der Waals surface area contributed by atoms with E-state index in [0.29, 0.717) is 12.5 Å². The van der Waals surface area contributed by atoms with E-state index in [9.17, 15) is 9.18 Å². The molecule has 1 aromatic rings. The molecule has 0 N–H and O–H groups in total. The monoisotopic (exact) mass is 377 g/mol. The van der Waals surface area contributed by atoms with E-state index < -0.39 is 5.82 Å². The van der Waals surface area contributed by atoms with Crippen molar-refractivity contribution in [2.24, 2.45) is 5.92 Å². The van der Waals surface area contributed by atoms with Gasteiger partial charge in [0.05, 0.1) is 12.2 Å². The van der Waals surface area contributed by atoms with Crippen molar-refractivity contribution >= 4 is 6.03 Å². The number of amides is 2. The van der Waals surface area contributed by atoms with Crippen LogP contribution in [-0.4, -0.2) is 65.8 Å². The molecule has 2 amide bonds. The fourth-order valence-electron chi connectivity index (χ4n) is 4.71. The molecule has 1 atom stereocenters.